The van der Waals surface area contributed by atoms with E-state index in [1.807, 2.05) is 0 Å². The van der Waals surface area contributed by atoms with Crippen LogP contribution in [0.1, 0.15) is 29.5 Å². The largest absolute Gasteiger partial charge is 0.476 e. The first-order valence-corrected chi connectivity index (χ1v) is 3.52. The van der Waals surface area contributed by atoms with Gasteiger partial charge in [0.05, 0.1) is 0 Å². The van der Waals surface area contributed by atoms with Gasteiger partial charge >= 0.3 is 5.97 Å². The van der Waals surface area contributed by atoms with Crippen LogP contribution >= 0.6 is 0 Å². The molecule has 1 aromatic heterocycles. The second-order valence-electron chi connectivity index (χ2n) is 2.24. The van der Waals surface area contributed by atoms with E-state index in [2.05, 4.69) is 10.3 Å². The maximum Gasteiger partial charge on any atom is 0.358 e. The van der Waals surface area contributed by atoms with Crippen molar-refractivity contribution in [3.8, 4) is 0 Å². The molecule has 1 aromatic rings. The SMILES string of the molecule is CCn1nnc(C(=O)O)c1C(F)F. The monoisotopic (exact) mass is 191 g/mol. The Morgan fingerprint density at radius 1 is 1.69 bits per heavy atom. The number of hydrogen-bond acceptors (Lipinski definition) is 3. The molecule has 0 radical (unpaired) electrons. The van der Waals surface area contributed by atoms with E-state index in [0.717, 1.165) is 4.68 Å². The van der Waals surface area contributed by atoms with Crippen molar-refractivity contribution in [2.24, 2.45) is 0 Å². The lowest BCUT2D eigenvalue weighted by molar-refractivity contribution is 0.0675. The van der Waals surface area contributed by atoms with Crippen molar-refractivity contribution in [1.82, 2.24) is 15.0 Å². The van der Waals surface area contributed by atoms with Gasteiger partial charge in [0, 0.05) is 6.54 Å². The fourth-order valence-electron chi connectivity index (χ4n) is 0.922. The Hall–Kier alpha value is -1.53. The number of carbonyl (C=O) groups is 1. The highest BCUT2D eigenvalue weighted by molar-refractivity contribution is 5.86. The van der Waals surface area contributed by atoms with Gasteiger partial charge in [-0.25, -0.2) is 18.3 Å². The van der Waals surface area contributed by atoms with Gasteiger partial charge in [0.25, 0.3) is 6.43 Å². The summed E-state index contributed by atoms with van der Waals surface area (Å²) in [5, 5.41) is 14.9. The molecule has 0 atom stereocenters. The molecule has 0 saturated carbocycles. The number of aromatic carboxylic acids is 1. The number of aryl methyl sites for hydroxylation is 1. The van der Waals surface area contributed by atoms with Gasteiger partial charge in [0.2, 0.25) is 0 Å². The zero-order valence-electron chi connectivity index (χ0n) is 6.74. The lowest BCUT2D eigenvalue weighted by Gasteiger charge is -2.01. The van der Waals surface area contributed by atoms with Crippen LogP contribution in [-0.2, 0) is 6.54 Å². The summed E-state index contributed by atoms with van der Waals surface area (Å²) in [7, 11) is 0. The minimum atomic E-state index is -2.87. The van der Waals surface area contributed by atoms with Crippen molar-refractivity contribution in [2.45, 2.75) is 19.9 Å². The number of hydrogen-bond donors (Lipinski definition) is 1. The average molecular weight is 191 g/mol. The van der Waals surface area contributed by atoms with Crippen LogP contribution in [0.2, 0.25) is 0 Å². The number of carboxylic acid groups (broad SMARTS) is 1. The molecule has 1 N–H and O–H groups in total. The molecule has 0 aliphatic rings. The molecule has 0 aliphatic heterocycles. The topological polar surface area (TPSA) is 68.0 Å². The van der Waals surface area contributed by atoms with E-state index in [1.54, 1.807) is 6.92 Å². The first-order valence-electron chi connectivity index (χ1n) is 3.52. The molecule has 5 nitrogen and oxygen atoms in total. The molecular formula is C6H7F2N3O2. The first kappa shape index (κ1) is 9.56. The van der Waals surface area contributed by atoms with E-state index >= 15 is 0 Å². The number of nitrogens with zero attached hydrogens (tertiary/aromatic N) is 3. The average Bonchev–Trinajstić information content (AvgIpc) is 2.46. The Kier molecular flexibility index (Phi) is 2.54. The summed E-state index contributed by atoms with van der Waals surface area (Å²) >= 11 is 0. The van der Waals surface area contributed by atoms with Crippen molar-refractivity contribution in [1.29, 1.82) is 0 Å². The fraction of sp³-hybridized carbons (Fsp3) is 0.500. The molecule has 1 heterocycles. The lowest BCUT2D eigenvalue weighted by Crippen LogP contribution is -2.07. The van der Waals surface area contributed by atoms with E-state index in [-0.39, 0.29) is 6.54 Å². The Bertz CT molecular complexity index is 324. The van der Waals surface area contributed by atoms with Gasteiger partial charge in [-0.3, -0.25) is 0 Å². The Morgan fingerprint density at radius 3 is 2.69 bits per heavy atom. The van der Waals surface area contributed by atoms with Gasteiger partial charge in [0.15, 0.2) is 5.69 Å². The van der Waals surface area contributed by atoms with Crippen molar-refractivity contribution in [3.05, 3.63) is 11.4 Å². The van der Waals surface area contributed by atoms with Gasteiger partial charge in [-0.2, -0.15) is 0 Å². The maximum absolute atomic E-state index is 12.3. The zero-order valence-corrected chi connectivity index (χ0v) is 6.74. The van der Waals surface area contributed by atoms with Crippen LogP contribution in [0.25, 0.3) is 0 Å². The number of rotatable bonds is 3. The second kappa shape index (κ2) is 3.46. The van der Waals surface area contributed by atoms with Gasteiger partial charge < -0.3 is 5.11 Å². The Balaban J connectivity index is 3.22. The highest BCUT2D eigenvalue weighted by atomic mass is 19.3. The molecule has 13 heavy (non-hydrogen) atoms. The van der Waals surface area contributed by atoms with Gasteiger partial charge in [-0.05, 0) is 6.92 Å². The van der Waals surface area contributed by atoms with Crippen molar-refractivity contribution < 1.29 is 18.7 Å². The van der Waals surface area contributed by atoms with Crippen LogP contribution in [0, 0.1) is 0 Å². The standard InChI is InChI=1S/C6H7F2N3O2/c1-2-11-4(5(7)8)3(6(12)13)9-10-11/h5H,2H2,1H3,(H,12,13). The Morgan fingerprint density at radius 2 is 2.31 bits per heavy atom. The van der Waals surface area contributed by atoms with E-state index in [9.17, 15) is 13.6 Å². The molecule has 0 unspecified atom stereocenters. The summed E-state index contributed by atoms with van der Waals surface area (Å²) < 4.78 is 25.5. The van der Waals surface area contributed by atoms with Crippen LogP contribution in [0.4, 0.5) is 8.78 Å². The Labute approximate surface area is 72.0 Å². The summed E-state index contributed by atoms with van der Waals surface area (Å²) in [5.41, 5.74) is -1.33. The molecule has 7 heteroatoms. The summed E-state index contributed by atoms with van der Waals surface area (Å²) in [4.78, 5) is 10.4. The van der Waals surface area contributed by atoms with E-state index in [4.69, 9.17) is 5.11 Å². The van der Waals surface area contributed by atoms with Gasteiger partial charge in [-0.1, -0.05) is 5.21 Å². The van der Waals surface area contributed by atoms with Crippen molar-refractivity contribution >= 4 is 5.97 Å². The van der Waals surface area contributed by atoms with E-state index < -0.39 is 23.8 Å². The molecule has 0 aromatic carbocycles. The summed E-state index contributed by atoms with van der Waals surface area (Å²) in [6.07, 6.45) is -2.87. The van der Waals surface area contributed by atoms with E-state index in [0.29, 0.717) is 0 Å². The first-order chi connectivity index (χ1) is 6.07. The third-order valence-electron chi connectivity index (χ3n) is 1.48. The van der Waals surface area contributed by atoms with Crippen LogP contribution in [0.15, 0.2) is 0 Å². The molecular weight excluding hydrogens is 184 g/mol. The predicted molar refractivity (Wildman–Crippen MR) is 37.6 cm³/mol. The molecule has 0 spiro atoms. The summed E-state index contributed by atoms with van der Waals surface area (Å²) in [5.74, 6) is -1.49. The third-order valence-corrected chi connectivity index (χ3v) is 1.48. The normalized spacial score (nSPS) is 10.8. The van der Waals surface area contributed by atoms with Crippen LogP contribution < -0.4 is 0 Å². The number of alkyl halides is 2. The summed E-state index contributed by atoms with van der Waals surface area (Å²) in [6.45, 7) is 1.74. The van der Waals surface area contributed by atoms with Crippen molar-refractivity contribution in [2.75, 3.05) is 0 Å². The minimum Gasteiger partial charge on any atom is -0.476 e. The van der Waals surface area contributed by atoms with Gasteiger partial charge in [0.1, 0.15) is 5.69 Å². The number of halogens is 2. The van der Waals surface area contributed by atoms with Crippen LogP contribution in [0.5, 0.6) is 0 Å². The molecule has 0 fully saturated rings. The zero-order chi connectivity index (χ0) is 10.0. The summed E-state index contributed by atoms with van der Waals surface area (Å²) in [6, 6.07) is 0. The minimum absolute atomic E-state index is 0.167. The fourth-order valence-corrected chi connectivity index (χ4v) is 0.922. The molecule has 72 valence electrons. The smallest absolute Gasteiger partial charge is 0.358 e. The maximum atomic E-state index is 12.3. The number of carboxylic acids is 1. The van der Waals surface area contributed by atoms with E-state index in [1.165, 1.54) is 0 Å². The molecule has 0 bridgehead atoms. The predicted octanol–water partition coefficient (Wildman–Crippen LogP) is 0.934. The lowest BCUT2D eigenvalue weighted by atomic mass is 10.3. The molecule has 0 amide bonds. The molecule has 1 rings (SSSR count). The van der Waals surface area contributed by atoms with Crippen LogP contribution in [-0.4, -0.2) is 26.1 Å². The highest BCUT2D eigenvalue weighted by Crippen LogP contribution is 2.20. The highest BCUT2D eigenvalue weighted by Gasteiger charge is 2.25. The third kappa shape index (κ3) is 1.63. The van der Waals surface area contributed by atoms with Crippen LogP contribution in [0.3, 0.4) is 0 Å². The van der Waals surface area contributed by atoms with Crippen molar-refractivity contribution in [3.63, 3.8) is 0 Å². The van der Waals surface area contributed by atoms with Gasteiger partial charge in [-0.15, -0.1) is 5.10 Å². The molecule has 0 aliphatic carbocycles. The second-order valence-corrected chi connectivity index (χ2v) is 2.24. The molecule has 0 saturated heterocycles. The quantitative estimate of drug-likeness (QED) is 0.771. The number of aromatic nitrogens is 3.